The summed E-state index contributed by atoms with van der Waals surface area (Å²) in [7, 11) is 3.79. The molecular weight excluding hydrogens is 250 g/mol. The third kappa shape index (κ3) is 2.96. The molecule has 4 nitrogen and oxygen atoms in total. The van der Waals surface area contributed by atoms with Crippen molar-refractivity contribution in [1.82, 2.24) is 14.7 Å². The lowest BCUT2D eigenvalue weighted by Crippen LogP contribution is -2.16. The summed E-state index contributed by atoms with van der Waals surface area (Å²) in [5, 5.41) is 4.41. The van der Waals surface area contributed by atoms with Gasteiger partial charge in [0.05, 0.1) is 5.69 Å². The molecule has 2 aromatic rings. The molecule has 20 heavy (non-hydrogen) atoms. The highest BCUT2D eigenvalue weighted by atomic mass is 16.1. The van der Waals surface area contributed by atoms with Gasteiger partial charge in [-0.1, -0.05) is 30.3 Å². The summed E-state index contributed by atoms with van der Waals surface area (Å²) in [5.41, 5.74) is 3.05. The molecule has 2 rings (SSSR count). The Morgan fingerprint density at radius 1 is 1.20 bits per heavy atom. The third-order valence-electron chi connectivity index (χ3n) is 2.89. The Balaban J connectivity index is 2.50. The van der Waals surface area contributed by atoms with Gasteiger partial charge in [-0.25, -0.2) is 4.68 Å². The summed E-state index contributed by atoms with van der Waals surface area (Å²) in [4.78, 5) is 14.5. The molecule has 0 saturated carbocycles. The van der Waals surface area contributed by atoms with Gasteiger partial charge in [0.25, 0.3) is 0 Å². The van der Waals surface area contributed by atoms with Crippen LogP contribution < -0.4 is 0 Å². The first-order chi connectivity index (χ1) is 9.49. The van der Waals surface area contributed by atoms with E-state index >= 15 is 0 Å². The van der Waals surface area contributed by atoms with Gasteiger partial charge in [0.2, 0.25) is 5.78 Å². The van der Waals surface area contributed by atoms with Crippen molar-refractivity contribution in [2.45, 2.75) is 13.8 Å². The number of hydrogen-bond donors (Lipinski definition) is 0. The number of hydrogen-bond acceptors (Lipinski definition) is 3. The number of nitrogens with zero attached hydrogens (tertiary/aromatic N) is 3. The van der Waals surface area contributed by atoms with Crippen molar-refractivity contribution in [1.29, 1.82) is 0 Å². The van der Waals surface area contributed by atoms with Crippen LogP contribution in [0.5, 0.6) is 0 Å². The standard InChI is InChI=1S/C16H19N3O/c1-12-10-13(2)19(17-12)15(11-18(3)4)16(20)14-8-6-5-7-9-14/h5-11H,1-4H3. The average Bonchev–Trinajstić information content (AvgIpc) is 2.75. The number of aryl methyl sites for hydroxylation is 2. The highest BCUT2D eigenvalue weighted by Crippen LogP contribution is 2.16. The number of rotatable bonds is 4. The van der Waals surface area contributed by atoms with E-state index in [0.717, 1.165) is 11.4 Å². The molecule has 0 atom stereocenters. The van der Waals surface area contributed by atoms with Gasteiger partial charge in [-0.2, -0.15) is 5.10 Å². The average molecular weight is 269 g/mol. The van der Waals surface area contributed by atoms with E-state index in [1.807, 2.05) is 69.2 Å². The Kier molecular flexibility index (Phi) is 4.03. The van der Waals surface area contributed by atoms with Crippen LogP contribution in [0, 0.1) is 13.8 Å². The fraction of sp³-hybridized carbons (Fsp3) is 0.250. The Hall–Kier alpha value is -2.36. The maximum atomic E-state index is 12.7. The van der Waals surface area contributed by atoms with E-state index < -0.39 is 0 Å². The lowest BCUT2D eigenvalue weighted by molar-refractivity contribution is 0.104. The van der Waals surface area contributed by atoms with Crippen LogP contribution in [-0.2, 0) is 0 Å². The molecule has 0 aliphatic carbocycles. The first-order valence-corrected chi connectivity index (χ1v) is 6.50. The van der Waals surface area contributed by atoms with Gasteiger partial charge in [0.15, 0.2) is 0 Å². The second-order valence-corrected chi connectivity index (χ2v) is 5.01. The van der Waals surface area contributed by atoms with E-state index in [-0.39, 0.29) is 5.78 Å². The SMILES string of the molecule is Cc1cc(C)n(C(=CN(C)C)C(=O)c2ccccc2)n1. The highest BCUT2D eigenvalue weighted by molar-refractivity contribution is 6.24. The minimum Gasteiger partial charge on any atom is -0.382 e. The maximum absolute atomic E-state index is 12.7. The van der Waals surface area contributed by atoms with E-state index in [1.165, 1.54) is 0 Å². The summed E-state index contributed by atoms with van der Waals surface area (Å²) in [6.07, 6.45) is 1.80. The first kappa shape index (κ1) is 14.1. The van der Waals surface area contributed by atoms with Crippen LogP contribution in [0.1, 0.15) is 21.7 Å². The van der Waals surface area contributed by atoms with Gasteiger partial charge in [0, 0.05) is 31.6 Å². The van der Waals surface area contributed by atoms with Gasteiger partial charge in [-0.05, 0) is 19.9 Å². The largest absolute Gasteiger partial charge is 0.382 e. The number of allylic oxidation sites excluding steroid dienone is 1. The van der Waals surface area contributed by atoms with Crippen molar-refractivity contribution in [2.24, 2.45) is 0 Å². The zero-order valence-electron chi connectivity index (χ0n) is 12.3. The third-order valence-corrected chi connectivity index (χ3v) is 2.89. The second-order valence-electron chi connectivity index (χ2n) is 5.01. The molecule has 4 heteroatoms. The molecule has 0 aliphatic heterocycles. The minimum absolute atomic E-state index is 0.0366. The summed E-state index contributed by atoms with van der Waals surface area (Å²) in [6.45, 7) is 3.87. The summed E-state index contributed by atoms with van der Waals surface area (Å²) >= 11 is 0. The molecule has 0 spiro atoms. The molecule has 1 aromatic heterocycles. The Labute approximate surface area is 119 Å². The van der Waals surface area contributed by atoms with Crippen LogP contribution in [0.2, 0.25) is 0 Å². The van der Waals surface area contributed by atoms with Gasteiger partial charge >= 0.3 is 0 Å². The Bertz CT molecular complexity index is 639. The number of ketones is 1. The normalized spacial score (nSPS) is 11.5. The zero-order chi connectivity index (χ0) is 14.7. The number of benzene rings is 1. The summed E-state index contributed by atoms with van der Waals surface area (Å²) in [5.74, 6) is -0.0366. The molecule has 1 aromatic carbocycles. The number of carbonyl (C=O) groups is 1. The number of carbonyl (C=O) groups excluding carboxylic acids is 1. The van der Waals surface area contributed by atoms with Crippen LogP contribution in [0.4, 0.5) is 0 Å². The lowest BCUT2D eigenvalue weighted by atomic mass is 10.1. The number of aromatic nitrogens is 2. The van der Waals surface area contributed by atoms with Gasteiger partial charge in [-0.15, -0.1) is 0 Å². The quantitative estimate of drug-likeness (QED) is 0.633. The molecule has 0 aliphatic rings. The van der Waals surface area contributed by atoms with Crippen LogP contribution >= 0.6 is 0 Å². The molecule has 0 N–H and O–H groups in total. The van der Waals surface area contributed by atoms with E-state index in [2.05, 4.69) is 5.10 Å². The Morgan fingerprint density at radius 3 is 2.35 bits per heavy atom. The van der Waals surface area contributed by atoms with Gasteiger partial charge in [0.1, 0.15) is 5.70 Å². The van der Waals surface area contributed by atoms with Crippen molar-refractivity contribution in [3.05, 3.63) is 59.5 Å². The van der Waals surface area contributed by atoms with Crippen molar-refractivity contribution in [3.63, 3.8) is 0 Å². The van der Waals surface area contributed by atoms with E-state index in [9.17, 15) is 4.79 Å². The highest BCUT2D eigenvalue weighted by Gasteiger charge is 2.17. The molecule has 0 bridgehead atoms. The molecule has 0 fully saturated rings. The first-order valence-electron chi connectivity index (χ1n) is 6.50. The van der Waals surface area contributed by atoms with Crippen LogP contribution in [0.3, 0.4) is 0 Å². The maximum Gasteiger partial charge on any atom is 0.212 e. The van der Waals surface area contributed by atoms with Gasteiger partial charge < -0.3 is 4.90 Å². The van der Waals surface area contributed by atoms with Crippen LogP contribution in [-0.4, -0.2) is 34.6 Å². The number of Topliss-reactive ketones (excluding diaryl/α,β-unsaturated/α-hetero) is 1. The smallest absolute Gasteiger partial charge is 0.212 e. The topological polar surface area (TPSA) is 38.1 Å². The predicted molar refractivity (Wildman–Crippen MR) is 80.4 cm³/mol. The van der Waals surface area contributed by atoms with Crippen LogP contribution in [0.25, 0.3) is 5.70 Å². The van der Waals surface area contributed by atoms with Crippen LogP contribution in [0.15, 0.2) is 42.6 Å². The molecule has 1 heterocycles. The summed E-state index contributed by atoms with van der Waals surface area (Å²) in [6, 6.07) is 11.2. The van der Waals surface area contributed by atoms with Crippen molar-refractivity contribution >= 4 is 11.5 Å². The van der Waals surface area contributed by atoms with E-state index in [0.29, 0.717) is 11.3 Å². The lowest BCUT2D eigenvalue weighted by Gasteiger charge is -2.13. The van der Waals surface area contributed by atoms with Gasteiger partial charge in [-0.3, -0.25) is 4.79 Å². The van der Waals surface area contributed by atoms with Crippen molar-refractivity contribution in [3.8, 4) is 0 Å². The molecule has 0 amide bonds. The second kappa shape index (κ2) is 5.74. The zero-order valence-corrected chi connectivity index (χ0v) is 12.3. The van der Waals surface area contributed by atoms with E-state index in [1.54, 1.807) is 10.9 Å². The molecule has 104 valence electrons. The Morgan fingerprint density at radius 2 is 1.85 bits per heavy atom. The fourth-order valence-corrected chi connectivity index (χ4v) is 2.06. The molecule has 0 radical (unpaired) electrons. The van der Waals surface area contributed by atoms with Crippen molar-refractivity contribution < 1.29 is 4.79 Å². The molecular formula is C16H19N3O. The van der Waals surface area contributed by atoms with E-state index in [4.69, 9.17) is 0 Å². The summed E-state index contributed by atoms with van der Waals surface area (Å²) < 4.78 is 1.70. The monoisotopic (exact) mass is 269 g/mol. The fourth-order valence-electron chi connectivity index (χ4n) is 2.06. The van der Waals surface area contributed by atoms with Crippen molar-refractivity contribution in [2.75, 3.05) is 14.1 Å². The predicted octanol–water partition coefficient (Wildman–Crippen LogP) is 2.74. The minimum atomic E-state index is -0.0366. The molecule has 0 saturated heterocycles. The molecule has 0 unspecified atom stereocenters.